The number of aliphatic hydroxyl groups excluding tert-OH is 2. The van der Waals surface area contributed by atoms with E-state index in [1.54, 1.807) is 26.8 Å². The summed E-state index contributed by atoms with van der Waals surface area (Å²) in [6.45, 7) is 9.22. The smallest absolute Gasteiger partial charge is 0.333 e. The lowest BCUT2D eigenvalue weighted by Gasteiger charge is -2.21. The zero-order chi connectivity index (χ0) is 30.1. The van der Waals surface area contributed by atoms with Crippen molar-refractivity contribution in [1.82, 2.24) is 9.97 Å². The number of ether oxygens (including phenoxy) is 1. The SMILES string of the molecule is CCCCCC(C)c1nc(OS(C)(=O)=O)nc(-c2ccc(F)cc2)c1C=CC(O)CC(O)CC(=O)OC(C)(C)C. The first kappa shape index (κ1) is 33.3. The molecular formula is C29H41FN2O7S. The molecule has 0 amide bonds. The summed E-state index contributed by atoms with van der Waals surface area (Å²) in [5.74, 6) is -1.16. The van der Waals surface area contributed by atoms with Gasteiger partial charge in [-0.15, -0.1) is 0 Å². The molecule has 0 radical (unpaired) electrons. The van der Waals surface area contributed by atoms with Crippen molar-refractivity contribution in [2.75, 3.05) is 6.26 Å². The van der Waals surface area contributed by atoms with Gasteiger partial charge in [0.1, 0.15) is 11.4 Å². The van der Waals surface area contributed by atoms with E-state index in [2.05, 4.69) is 16.9 Å². The number of nitrogens with zero attached hydrogens (tertiary/aromatic N) is 2. The third-order valence-corrected chi connectivity index (χ3v) is 6.28. The van der Waals surface area contributed by atoms with Crippen LogP contribution in [0.2, 0.25) is 0 Å². The van der Waals surface area contributed by atoms with Crippen molar-refractivity contribution >= 4 is 22.2 Å². The Morgan fingerprint density at radius 1 is 1.12 bits per heavy atom. The van der Waals surface area contributed by atoms with Gasteiger partial charge in [-0.05, 0) is 57.4 Å². The average Bonchev–Trinajstić information content (AvgIpc) is 2.81. The second-order valence-electron chi connectivity index (χ2n) is 11.0. The Balaban J connectivity index is 2.48. The second kappa shape index (κ2) is 14.7. The summed E-state index contributed by atoms with van der Waals surface area (Å²) in [6.07, 6.45) is 4.96. The maximum Gasteiger partial charge on any atom is 0.333 e. The number of benzene rings is 1. The van der Waals surface area contributed by atoms with Crippen LogP contribution in [0.25, 0.3) is 17.3 Å². The van der Waals surface area contributed by atoms with Crippen LogP contribution in [0.5, 0.6) is 6.01 Å². The van der Waals surface area contributed by atoms with Crippen LogP contribution in [-0.2, 0) is 19.6 Å². The van der Waals surface area contributed by atoms with Gasteiger partial charge in [-0.2, -0.15) is 18.4 Å². The van der Waals surface area contributed by atoms with Gasteiger partial charge in [-0.1, -0.05) is 45.3 Å². The molecule has 3 unspecified atom stereocenters. The van der Waals surface area contributed by atoms with Gasteiger partial charge in [0.25, 0.3) is 0 Å². The molecule has 1 heterocycles. The van der Waals surface area contributed by atoms with Gasteiger partial charge in [0.15, 0.2) is 0 Å². The molecule has 0 fully saturated rings. The van der Waals surface area contributed by atoms with Crippen LogP contribution in [0.1, 0.15) is 90.3 Å². The molecule has 2 N–H and O–H groups in total. The van der Waals surface area contributed by atoms with E-state index in [0.717, 1.165) is 31.9 Å². The first-order valence-electron chi connectivity index (χ1n) is 13.4. The minimum absolute atomic E-state index is 0.126. The Morgan fingerprint density at radius 2 is 1.77 bits per heavy atom. The van der Waals surface area contributed by atoms with Crippen LogP contribution in [-0.4, -0.2) is 58.6 Å². The predicted molar refractivity (Wildman–Crippen MR) is 152 cm³/mol. The lowest BCUT2D eigenvalue weighted by atomic mass is 9.93. The molecule has 0 bridgehead atoms. The molecule has 1 aromatic heterocycles. The lowest BCUT2D eigenvalue weighted by Crippen LogP contribution is -2.27. The van der Waals surface area contributed by atoms with Gasteiger partial charge >= 0.3 is 22.1 Å². The summed E-state index contributed by atoms with van der Waals surface area (Å²) < 4.78 is 47.7. The Hall–Kier alpha value is -2.89. The summed E-state index contributed by atoms with van der Waals surface area (Å²) in [5.41, 5.74) is 1.09. The molecule has 40 heavy (non-hydrogen) atoms. The topological polar surface area (TPSA) is 136 Å². The summed E-state index contributed by atoms with van der Waals surface area (Å²) in [6, 6.07) is 5.17. The molecule has 0 aliphatic carbocycles. The van der Waals surface area contributed by atoms with Gasteiger partial charge in [0.05, 0.1) is 36.3 Å². The lowest BCUT2D eigenvalue weighted by molar-refractivity contribution is -0.157. The third-order valence-electron chi connectivity index (χ3n) is 5.83. The minimum atomic E-state index is -3.93. The maximum atomic E-state index is 13.7. The van der Waals surface area contributed by atoms with E-state index in [1.807, 2.05) is 6.92 Å². The van der Waals surface area contributed by atoms with E-state index in [4.69, 9.17) is 8.92 Å². The van der Waals surface area contributed by atoms with Crippen LogP contribution in [0.15, 0.2) is 30.3 Å². The Kier molecular flexibility index (Phi) is 12.2. The molecule has 2 aromatic rings. The normalized spacial score (nSPS) is 14.6. The van der Waals surface area contributed by atoms with E-state index in [0.29, 0.717) is 22.5 Å². The van der Waals surface area contributed by atoms with Crippen molar-refractivity contribution < 1.29 is 36.7 Å². The van der Waals surface area contributed by atoms with E-state index in [-0.39, 0.29) is 24.8 Å². The van der Waals surface area contributed by atoms with Gasteiger partial charge in [-0.25, -0.2) is 4.39 Å². The molecule has 0 spiro atoms. The zero-order valence-electron chi connectivity index (χ0n) is 24.1. The molecule has 0 saturated carbocycles. The van der Waals surface area contributed by atoms with Crippen LogP contribution in [0, 0.1) is 5.82 Å². The fraction of sp³-hybridized carbons (Fsp3) is 0.552. The monoisotopic (exact) mass is 580 g/mol. The van der Waals surface area contributed by atoms with Crippen LogP contribution >= 0.6 is 0 Å². The number of halogens is 1. The molecule has 3 atom stereocenters. The Bertz CT molecular complexity index is 1260. The fourth-order valence-electron chi connectivity index (χ4n) is 4.07. The Morgan fingerprint density at radius 3 is 2.35 bits per heavy atom. The average molecular weight is 581 g/mol. The molecule has 11 heteroatoms. The van der Waals surface area contributed by atoms with Gasteiger partial charge in [-0.3, -0.25) is 4.79 Å². The molecule has 0 saturated heterocycles. The summed E-state index contributed by atoms with van der Waals surface area (Å²) in [7, 11) is -3.93. The largest absolute Gasteiger partial charge is 0.460 e. The van der Waals surface area contributed by atoms with Gasteiger partial charge in [0.2, 0.25) is 0 Å². The van der Waals surface area contributed by atoms with Crippen molar-refractivity contribution in [3.05, 3.63) is 47.4 Å². The second-order valence-corrected chi connectivity index (χ2v) is 12.5. The number of rotatable bonds is 14. The molecule has 222 valence electrons. The maximum absolute atomic E-state index is 13.7. The summed E-state index contributed by atoms with van der Waals surface area (Å²) in [5, 5.41) is 21.0. The van der Waals surface area contributed by atoms with Crippen LogP contribution in [0.3, 0.4) is 0 Å². The number of hydrogen-bond donors (Lipinski definition) is 2. The number of hydrogen-bond acceptors (Lipinski definition) is 9. The van der Waals surface area contributed by atoms with Crippen molar-refractivity contribution in [3.63, 3.8) is 0 Å². The van der Waals surface area contributed by atoms with Crippen molar-refractivity contribution in [3.8, 4) is 17.3 Å². The molecule has 0 aliphatic rings. The third kappa shape index (κ3) is 11.7. The molecule has 9 nitrogen and oxygen atoms in total. The standard InChI is InChI=1S/C29H41FN2O7S/c1-7-8-9-10-19(2)26-24(16-15-22(33)17-23(34)18-25(35)38-29(3,4)5)27(20-11-13-21(30)14-12-20)32-28(31-26)39-40(6,36)37/h11-16,19,22-23,33-34H,7-10,17-18H2,1-6H3. The number of carbonyl (C=O) groups is 1. The van der Waals surface area contributed by atoms with Crippen LogP contribution in [0.4, 0.5) is 4.39 Å². The summed E-state index contributed by atoms with van der Waals surface area (Å²) >= 11 is 0. The van der Waals surface area contributed by atoms with Crippen molar-refractivity contribution in [2.45, 2.75) is 96.9 Å². The molecule has 1 aromatic carbocycles. The van der Waals surface area contributed by atoms with Crippen molar-refractivity contribution in [1.29, 1.82) is 0 Å². The summed E-state index contributed by atoms with van der Waals surface area (Å²) in [4.78, 5) is 20.8. The van der Waals surface area contributed by atoms with E-state index < -0.39 is 39.7 Å². The number of esters is 1. The number of unbranched alkanes of at least 4 members (excludes halogenated alkanes) is 2. The predicted octanol–water partition coefficient (Wildman–Crippen LogP) is 5.16. The fourth-order valence-corrected chi connectivity index (χ4v) is 4.41. The highest BCUT2D eigenvalue weighted by atomic mass is 32.2. The highest BCUT2D eigenvalue weighted by molar-refractivity contribution is 7.86. The zero-order valence-corrected chi connectivity index (χ0v) is 24.9. The highest BCUT2D eigenvalue weighted by Gasteiger charge is 2.23. The quantitative estimate of drug-likeness (QED) is 0.176. The van der Waals surface area contributed by atoms with E-state index >= 15 is 0 Å². The first-order valence-corrected chi connectivity index (χ1v) is 15.2. The van der Waals surface area contributed by atoms with Gasteiger partial charge in [0, 0.05) is 17.5 Å². The van der Waals surface area contributed by atoms with E-state index in [1.165, 1.54) is 30.3 Å². The number of aromatic nitrogens is 2. The number of carbonyl (C=O) groups excluding carboxylic acids is 1. The van der Waals surface area contributed by atoms with E-state index in [9.17, 15) is 27.8 Å². The Labute approximate surface area is 236 Å². The molecular weight excluding hydrogens is 539 g/mol. The first-order chi connectivity index (χ1) is 18.6. The van der Waals surface area contributed by atoms with Gasteiger partial charge < -0.3 is 19.1 Å². The van der Waals surface area contributed by atoms with Crippen LogP contribution < -0.4 is 4.18 Å². The molecule has 0 aliphatic heterocycles. The minimum Gasteiger partial charge on any atom is -0.460 e. The van der Waals surface area contributed by atoms with Crippen molar-refractivity contribution in [2.24, 2.45) is 0 Å². The highest BCUT2D eigenvalue weighted by Crippen LogP contribution is 2.33. The number of aliphatic hydroxyl groups is 2. The molecule has 2 rings (SSSR count).